The van der Waals surface area contributed by atoms with Crippen molar-refractivity contribution in [1.29, 1.82) is 0 Å². The molecule has 0 bridgehead atoms. The van der Waals surface area contributed by atoms with Crippen LogP contribution in [0.15, 0.2) is 22.7 Å². The van der Waals surface area contributed by atoms with E-state index in [1.165, 1.54) is 0 Å². The van der Waals surface area contributed by atoms with Crippen LogP contribution in [-0.4, -0.2) is 17.0 Å². The molecular formula is C12H14BrClO2. The number of Topliss-reactive ketones (excluding diaryl/α,β-unsaturated/α-hetero) is 1. The van der Waals surface area contributed by atoms with Crippen molar-refractivity contribution in [2.75, 3.05) is 0 Å². The zero-order chi connectivity index (χ0) is 12.1. The van der Waals surface area contributed by atoms with Crippen LogP contribution < -0.4 is 0 Å². The van der Waals surface area contributed by atoms with Crippen LogP contribution in [0.3, 0.4) is 0 Å². The summed E-state index contributed by atoms with van der Waals surface area (Å²) >= 11 is 9.29. The highest BCUT2D eigenvalue weighted by Gasteiger charge is 2.15. The average molecular weight is 306 g/mol. The van der Waals surface area contributed by atoms with Gasteiger partial charge >= 0.3 is 0 Å². The van der Waals surface area contributed by atoms with Gasteiger partial charge in [0.2, 0.25) is 0 Å². The van der Waals surface area contributed by atoms with E-state index < -0.39 is 6.10 Å². The molecule has 0 fully saturated rings. The van der Waals surface area contributed by atoms with Gasteiger partial charge in [0, 0.05) is 15.9 Å². The first-order chi connectivity index (χ1) is 7.54. The minimum absolute atomic E-state index is 0.175. The molecule has 0 amide bonds. The quantitative estimate of drug-likeness (QED) is 0.905. The largest absolute Gasteiger partial charge is 0.385 e. The van der Waals surface area contributed by atoms with E-state index in [1.807, 2.05) is 13.0 Å². The van der Waals surface area contributed by atoms with Crippen LogP contribution in [0, 0.1) is 0 Å². The number of benzene rings is 1. The highest BCUT2D eigenvalue weighted by molar-refractivity contribution is 9.10. The maximum absolute atomic E-state index is 11.6. The van der Waals surface area contributed by atoms with Gasteiger partial charge in [-0.1, -0.05) is 46.9 Å². The molecular weight excluding hydrogens is 291 g/mol. The van der Waals surface area contributed by atoms with Gasteiger partial charge in [-0.05, 0) is 24.1 Å². The predicted octanol–water partition coefficient (Wildman–Crippen LogP) is 3.38. The number of hydrogen-bond acceptors (Lipinski definition) is 2. The Balaban J connectivity index is 2.69. The molecule has 0 heterocycles. The van der Waals surface area contributed by atoms with Gasteiger partial charge < -0.3 is 5.11 Å². The van der Waals surface area contributed by atoms with E-state index in [-0.39, 0.29) is 12.2 Å². The number of hydrogen-bond donors (Lipinski definition) is 1. The van der Waals surface area contributed by atoms with Crippen LogP contribution in [0.4, 0.5) is 0 Å². The van der Waals surface area contributed by atoms with Crippen molar-refractivity contribution >= 4 is 33.3 Å². The molecule has 2 nitrogen and oxygen atoms in total. The zero-order valence-electron chi connectivity index (χ0n) is 9.04. The van der Waals surface area contributed by atoms with E-state index in [2.05, 4.69) is 15.9 Å². The van der Waals surface area contributed by atoms with Crippen LogP contribution in [0.1, 0.15) is 25.3 Å². The number of halogens is 2. The summed E-state index contributed by atoms with van der Waals surface area (Å²) in [4.78, 5) is 11.6. The van der Waals surface area contributed by atoms with E-state index >= 15 is 0 Å². The van der Waals surface area contributed by atoms with Crippen molar-refractivity contribution in [1.82, 2.24) is 0 Å². The van der Waals surface area contributed by atoms with Gasteiger partial charge in [-0.15, -0.1) is 0 Å². The summed E-state index contributed by atoms with van der Waals surface area (Å²) in [6, 6.07) is 5.38. The second-order valence-corrected chi connectivity index (χ2v) is 5.01. The lowest BCUT2D eigenvalue weighted by atomic mass is 10.0. The molecule has 1 N–H and O–H groups in total. The summed E-state index contributed by atoms with van der Waals surface area (Å²) in [6.45, 7) is 1.93. The van der Waals surface area contributed by atoms with Crippen LogP contribution in [0.5, 0.6) is 0 Å². The first kappa shape index (κ1) is 13.7. The van der Waals surface area contributed by atoms with Gasteiger partial charge in [-0.3, -0.25) is 4.79 Å². The van der Waals surface area contributed by atoms with E-state index in [0.29, 0.717) is 11.4 Å². The maximum Gasteiger partial charge on any atom is 0.165 e. The Morgan fingerprint density at radius 1 is 1.56 bits per heavy atom. The number of aliphatic hydroxyl groups is 1. The summed E-state index contributed by atoms with van der Waals surface area (Å²) < 4.78 is 0.878. The molecule has 1 unspecified atom stereocenters. The monoisotopic (exact) mass is 304 g/mol. The first-order valence-electron chi connectivity index (χ1n) is 5.19. The number of aliphatic hydroxyl groups excluding tert-OH is 1. The second kappa shape index (κ2) is 6.38. The van der Waals surface area contributed by atoms with Crippen molar-refractivity contribution in [3.8, 4) is 0 Å². The van der Waals surface area contributed by atoms with Crippen molar-refractivity contribution in [2.24, 2.45) is 0 Å². The number of rotatable bonds is 5. The number of carbonyl (C=O) groups excluding carboxylic acids is 1. The fourth-order valence-electron chi connectivity index (χ4n) is 1.40. The normalized spacial score (nSPS) is 12.5. The third-order valence-electron chi connectivity index (χ3n) is 2.31. The third kappa shape index (κ3) is 3.89. The van der Waals surface area contributed by atoms with Gasteiger partial charge in [0.05, 0.1) is 0 Å². The molecule has 1 atom stereocenters. The van der Waals surface area contributed by atoms with E-state index in [0.717, 1.165) is 16.5 Å². The lowest BCUT2D eigenvalue weighted by molar-refractivity contribution is -0.126. The van der Waals surface area contributed by atoms with Crippen molar-refractivity contribution in [3.63, 3.8) is 0 Å². The van der Waals surface area contributed by atoms with Gasteiger partial charge in [-0.2, -0.15) is 0 Å². The Labute approximate surface area is 109 Å². The van der Waals surface area contributed by atoms with Gasteiger partial charge in [0.25, 0.3) is 0 Å². The Hall–Kier alpha value is -0.380. The number of carbonyl (C=O) groups is 1. The molecule has 0 aromatic heterocycles. The van der Waals surface area contributed by atoms with Crippen LogP contribution >= 0.6 is 27.5 Å². The second-order valence-electron chi connectivity index (χ2n) is 3.68. The highest BCUT2D eigenvalue weighted by atomic mass is 79.9. The van der Waals surface area contributed by atoms with Crippen molar-refractivity contribution in [2.45, 2.75) is 32.3 Å². The molecule has 1 aromatic carbocycles. The van der Waals surface area contributed by atoms with E-state index in [1.54, 1.807) is 12.1 Å². The van der Waals surface area contributed by atoms with Crippen LogP contribution in [0.25, 0.3) is 0 Å². The lowest BCUT2D eigenvalue weighted by Crippen LogP contribution is -2.22. The molecule has 1 aromatic rings. The van der Waals surface area contributed by atoms with Crippen LogP contribution in [-0.2, 0) is 11.2 Å². The molecule has 0 radical (unpaired) electrons. The summed E-state index contributed by atoms with van der Waals surface area (Å²) in [7, 11) is 0. The van der Waals surface area contributed by atoms with E-state index in [4.69, 9.17) is 11.6 Å². The molecule has 0 aliphatic rings. The van der Waals surface area contributed by atoms with Gasteiger partial charge in [0.15, 0.2) is 5.78 Å². The molecule has 0 saturated heterocycles. The minimum atomic E-state index is -0.871. The summed E-state index contributed by atoms with van der Waals surface area (Å²) in [5.41, 5.74) is 0.755. The topological polar surface area (TPSA) is 37.3 Å². The molecule has 16 heavy (non-hydrogen) atoms. The fraction of sp³-hybridized carbons (Fsp3) is 0.417. The number of ketones is 1. The molecule has 0 aliphatic heterocycles. The smallest absolute Gasteiger partial charge is 0.165 e. The third-order valence-corrected chi connectivity index (χ3v) is 3.16. The molecule has 0 saturated carbocycles. The summed E-state index contributed by atoms with van der Waals surface area (Å²) in [5, 5.41) is 10.1. The van der Waals surface area contributed by atoms with Gasteiger partial charge in [0.1, 0.15) is 6.10 Å². The summed E-state index contributed by atoms with van der Waals surface area (Å²) in [6.07, 6.45) is 0.617. The molecule has 4 heteroatoms. The summed E-state index contributed by atoms with van der Waals surface area (Å²) in [5.74, 6) is -0.175. The van der Waals surface area contributed by atoms with Crippen molar-refractivity contribution in [3.05, 3.63) is 33.3 Å². The molecule has 0 spiro atoms. The Morgan fingerprint density at radius 3 is 2.81 bits per heavy atom. The fourth-order valence-corrected chi connectivity index (χ4v) is 2.15. The zero-order valence-corrected chi connectivity index (χ0v) is 11.4. The van der Waals surface area contributed by atoms with E-state index in [9.17, 15) is 9.90 Å². The molecule has 1 rings (SSSR count). The van der Waals surface area contributed by atoms with Gasteiger partial charge in [-0.25, -0.2) is 0 Å². The lowest BCUT2D eigenvalue weighted by Gasteiger charge is -2.09. The standard InChI is InChI=1S/C12H14BrClO2/c1-2-3-11(15)12(16)6-8-4-5-9(13)7-10(8)14/h4-5,7,11,15H,2-3,6H2,1H3. The Bertz CT molecular complexity index is 379. The predicted molar refractivity (Wildman–Crippen MR) is 68.8 cm³/mol. The first-order valence-corrected chi connectivity index (χ1v) is 6.36. The van der Waals surface area contributed by atoms with Crippen molar-refractivity contribution < 1.29 is 9.90 Å². The Kier molecular flexibility index (Phi) is 5.46. The Morgan fingerprint density at radius 2 is 2.25 bits per heavy atom. The van der Waals surface area contributed by atoms with Crippen LogP contribution in [0.2, 0.25) is 5.02 Å². The SMILES string of the molecule is CCCC(O)C(=O)Cc1ccc(Br)cc1Cl. The minimum Gasteiger partial charge on any atom is -0.385 e. The maximum atomic E-state index is 11.6. The highest BCUT2D eigenvalue weighted by Crippen LogP contribution is 2.22. The molecule has 0 aliphatic carbocycles. The molecule has 88 valence electrons. The average Bonchev–Trinajstić information content (AvgIpc) is 2.22.